The van der Waals surface area contributed by atoms with Crippen molar-refractivity contribution in [3.8, 4) is 17.0 Å². The average Bonchev–Trinajstić information content (AvgIpc) is 3.15. The second kappa shape index (κ2) is 9.29. The standard InChI is InChI=1S/C21H20FN3O3S/c1-13(23-14(2)26)15-7-9-16(10-8-15)18-12-29-21(24-18)25-20(27)11-28-19-6-4-3-5-17(19)22/h3-10,12-13H,11H2,1-2H3,(H,23,26)(H,24,25,27). The van der Waals surface area contributed by atoms with Crippen LogP contribution in [0.1, 0.15) is 25.5 Å². The fraction of sp³-hybridized carbons (Fsp3) is 0.190. The molecule has 1 atom stereocenters. The number of amides is 2. The topological polar surface area (TPSA) is 80.3 Å². The Balaban J connectivity index is 1.58. The van der Waals surface area contributed by atoms with Gasteiger partial charge in [-0.2, -0.15) is 0 Å². The molecular formula is C21H20FN3O3S. The van der Waals surface area contributed by atoms with Gasteiger partial charge in [0.2, 0.25) is 5.91 Å². The maximum absolute atomic E-state index is 13.5. The van der Waals surface area contributed by atoms with Crippen LogP contribution in [0.2, 0.25) is 0 Å². The third kappa shape index (κ3) is 5.61. The molecule has 2 amide bonds. The smallest absolute Gasteiger partial charge is 0.264 e. The normalized spacial score (nSPS) is 11.6. The number of hydrogen-bond acceptors (Lipinski definition) is 5. The first kappa shape index (κ1) is 20.5. The van der Waals surface area contributed by atoms with Crippen LogP contribution >= 0.6 is 11.3 Å². The Hall–Kier alpha value is -3.26. The molecule has 1 aromatic heterocycles. The van der Waals surface area contributed by atoms with Crippen LogP contribution in [0, 0.1) is 5.82 Å². The molecule has 0 radical (unpaired) electrons. The molecule has 0 spiro atoms. The van der Waals surface area contributed by atoms with Gasteiger partial charge in [0, 0.05) is 17.9 Å². The quantitative estimate of drug-likeness (QED) is 0.609. The number of nitrogens with zero attached hydrogens (tertiary/aromatic N) is 1. The van der Waals surface area contributed by atoms with E-state index in [0.29, 0.717) is 5.13 Å². The third-order valence-electron chi connectivity index (χ3n) is 4.07. The molecular weight excluding hydrogens is 393 g/mol. The van der Waals surface area contributed by atoms with E-state index in [9.17, 15) is 14.0 Å². The highest BCUT2D eigenvalue weighted by Gasteiger charge is 2.11. The van der Waals surface area contributed by atoms with E-state index in [1.54, 1.807) is 12.1 Å². The van der Waals surface area contributed by atoms with E-state index in [0.717, 1.165) is 16.8 Å². The molecule has 0 aliphatic rings. The van der Waals surface area contributed by atoms with Gasteiger partial charge >= 0.3 is 0 Å². The zero-order valence-corrected chi connectivity index (χ0v) is 16.8. The number of halogens is 1. The molecule has 29 heavy (non-hydrogen) atoms. The summed E-state index contributed by atoms with van der Waals surface area (Å²) >= 11 is 1.29. The molecule has 6 nitrogen and oxygen atoms in total. The highest BCUT2D eigenvalue weighted by atomic mass is 32.1. The Morgan fingerprint density at radius 3 is 2.59 bits per heavy atom. The van der Waals surface area contributed by atoms with Gasteiger partial charge in [0.15, 0.2) is 23.3 Å². The fourth-order valence-electron chi connectivity index (χ4n) is 2.65. The average molecular weight is 413 g/mol. The molecule has 1 unspecified atom stereocenters. The monoisotopic (exact) mass is 413 g/mol. The zero-order valence-electron chi connectivity index (χ0n) is 15.9. The Morgan fingerprint density at radius 2 is 1.90 bits per heavy atom. The Bertz CT molecular complexity index is 1000. The first-order chi connectivity index (χ1) is 13.9. The maximum Gasteiger partial charge on any atom is 0.264 e. The number of para-hydroxylation sites is 1. The van der Waals surface area contributed by atoms with Crippen molar-refractivity contribution in [1.29, 1.82) is 0 Å². The number of aromatic nitrogens is 1. The Kier molecular flexibility index (Phi) is 6.56. The van der Waals surface area contributed by atoms with E-state index in [1.165, 1.54) is 30.4 Å². The highest BCUT2D eigenvalue weighted by Crippen LogP contribution is 2.26. The molecule has 0 aliphatic carbocycles. The molecule has 0 bridgehead atoms. The molecule has 0 fully saturated rings. The minimum atomic E-state index is -0.520. The number of rotatable bonds is 7. The second-order valence-electron chi connectivity index (χ2n) is 6.35. The van der Waals surface area contributed by atoms with Crippen molar-refractivity contribution < 1.29 is 18.7 Å². The number of nitrogens with one attached hydrogen (secondary N) is 2. The van der Waals surface area contributed by atoms with Gasteiger partial charge in [-0.1, -0.05) is 36.4 Å². The summed E-state index contributed by atoms with van der Waals surface area (Å²) in [5, 5.41) is 7.74. The number of hydrogen-bond donors (Lipinski definition) is 2. The van der Waals surface area contributed by atoms with Crippen LogP contribution in [0.15, 0.2) is 53.9 Å². The van der Waals surface area contributed by atoms with E-state index in [2.05, 4.69) is 15.6 Å². The molecule has 150 valence electrons. The lowest BCUT2D eigenvalue weighted by atomic mass is 10.1. The lowest BCUT2D eigenvalue weighted by Crippen LogP contribution is -2.23. The molecule has 1 heterocycles. The first-order valence-corrected chi connectivity index (χ1v) is 9.80. The van der Waals surface area contributed by atoms with Crippen molar-refractivity contribution >= 4 is 28.3 Å². The minimum Gasteiger partial charge on any atom is -0.481 e. The van der Waals surface area contributed by atoms with Crippen molar-refractivity contribution in [2.45, 2.75) is 19.9 Å². The summed E-state index contributed by atoms with van der Waals surface area (Å²) in [7, 11) is 0. The van der Waals surface area contributed by atoms with Gasteiger partial charge in [0.25, 0.3) is 5.91 Å². The van der Waals surface area contributed by atoms with Gasteiger partial charge < -0.3 is 10.1 Å². The van der Waals surface area contributed by atoms with Gasteiger partial charge in [-0.05, 0) is 24.6 Å². The number of ether oxygens (including phenoxy) is 1. The number of carbonyl (C=O) groups is 2. The lowest BCUT2D eigenvalue weighted by Gasteiger charge is -2.13. The molecule has 3 aromatic rings. The molecule has 3 rings (SSSR count). The lowest BCUT2D eigenvalue weighted by molar-refractivity contribution is -0.119. The van der Waals surface area contributed by atoms with Gasteiger partial charge in [-0.3, -0.25) is 14.9 Å². The molecule has 0 saturated heterocycles. The predicted molar refractivity (Wildman–Crippen MR) is 110 cm³/mol. The molecule has 2 aromatic carbocycles. The van der Waals surface area contributed by atoms with E-state index in [4.69, 9.17) is 4.74 Å². The van der Waals surface area contributed by atoms with E-state index >= 15 is 0 Å². The Labute approximate surface area is 171 Å². The number of thiazole rings is 1. The third-order valence-corrected chi connectivity index (χ3v) is 4.83. The van der Waals surface area contributed by atoms with E-state index in [1.807, 2.05) is 36.6 Å². The zero-order chi connectivity index (χ0) is 20.8. The fourth-order valence-corrected chi connectivity index (χ4v) is 3.39. The second-order valence-corrected chi connectivity index (χ2v) is 7.21. The van der Waals surface area contributed by atoms with Crippen LogP contribution in [0.3, 0.4) is 0 Å². The van der Waals surface area contributed by atoms with Crippen LogP contribution in [0.25, 0.3) is 11.3 Å². The van der Waals surface area contributed by atoms with Crippen molar-refractivity contribution in [2.24, 2.45) is 0 Å². The summed E-state index contributed by atoms with van der Waals surface area (Å²) in [6.07, 6.45) is 0. The highest BCUT2D eigenvalue weighted by molar-refractivity contribution is 7.14. The van der Waals surface area contributed by atoms with Crippen LogP contribution < -0.4 is 15.4 Å². The largest absolute Gasteiger partial charge is 0.481 e. The van der Waals surface area contributed by atoms with Gasteiger partial charge in [-0.25, -0.2) is 9.37 Å². The maximum atomic E-state index is 13.5. The van der Waals surface area contributed by atoms with Crippen molar-refractivity contribution in [1.82, 2.24) is 10.3 Å². The van der Waals surface area contributed by atoms with Gasteiger partial charge in [0.05, 0.1) is 11.7 Å². The van der Waals surface area contributed by atoms with E-state index in [-0.39, 0.29) is 24.3 Å². The SMILES string of the molecule is CC(=O)NC(C)c1ccc(-c2csc(NC(=O)COc3ccccc3F)n2)cc1. The van der Waals surface area contributed by atoms with Crippen LogP contribution in [0.4, 0.5) is 9.52 Å². The van der Waals surface area contributed by atoms with Crippen molar-refractivity contribution in [3.05, 3.63) is 65.3 Å². The number of benzene rings is 2. The molecule has 2 N–H and O–H groups in total. The Morgan fingerprint density at radius 1 is 1.17 bits per heavy atom. The van der Waals surface area contributed by atoms with Crippen LogP contribution in [-0.2, 0) is 9.59 Å². The summed E-state index contributed by atoms with van der Waals surface area (Å²) in [5.41, 5.74) is 2.60. The predicted octanol–water partition coefficient (Wildman–Crippen LogP) is 4.16. The van der Waals surface area contributed by atoms with E-state index < -0.39 is 11.7 Å². The number of carbonyl (C=O) groups excluding carboxylic acids is 2. The number of anilines is 1. The van der Waals surface area contributed by atoms with Crippen LogP contribution in [0.5, 0.6) is 5.75 Å². The summed E-state index contributed by atoms with van der Waals surface area (Å²) in [6, 6.07) is 13.5. The van der Waals surface area contributed by atoms with Crippen LogP contribution in [-0.4, -0.2) is 23.4 Å². The molecule has 0 aliphatic heterocycles. The van der Waals surface area contributed by atoms with Gasteiger partial charge in [0.1, 0.15) is 0 Å². The summed E-state index contributed by atoms with van der Waals surface area (Å²) in [4.78, 5) is 27.6. The van der Waals surface area contributed by atoms with Gasteiger partial charge in [-0.15, -0.1) is 11.3 Å². The van der Waals surface area contributed by atoms with Crippen molar-refractivity contribution in [2.75, 3.05) is 11.9 Å². The summed E-state index contributed by atoms with van der Waals surface area (Å²) in [5.74, 6) is -1.00. The molecule has 8 heteroatoms. The van der Waals surface area contributed by atoms with Crippen molar-refractivity contribution in [3.63, 3.8) is 0 Å². The first-order valence-electron chi connectivity index (χ1n) is 8.92. The summed E-state index contributed by atoms with van der Waals surface area (Å²) in [6.45, 7) is 3.08. The summed E-state index contributed by atoms with van der Waals surface area (Å²) < 4.78 is 18.7. The molecule has 0 saturated carbocycles. The minimum absolute atomic E-state index is 0.0241.